The molecule has 0 saturated carbocycles. The van der Waals surface area contributed by atoms with E-state index < -0.39 is 21.5 Å². The van der Waals surface area contributed by atoms with Crippen molar-refractivity contribution in [1.29, 1.82) is 0 Å². The van der Waals surface area contributed by atoms with Gasteiger partial charge >= 0.3 is 0 Å². The second kappa shape index (κ2) is 7.15. The van der Waals surface area contributed by atoms with Gasteiger partial charge in [-0.05, 0) is 63.6 Å². The summed E-state index contributed by atoms with van der Waals surface area (Å²) in [5.74, 6) is -0.404. The van der Waals surface area contributed by atoms with Crippen LogP contribution in [0.4, 0.5) is 5.69 Å². The van der Waals surface area contributed by atoms with E-state index in [4.69, 9.17) is 11.6 Å². The number of anilines is 1. The van der Waals surface area contributed by atoms with E-state index in [2.05, 4.69) is 10.0 Å². The van der Waals surface area contributed by atoms with Crippen LogP contribution in [0.15, 0.2) is 47.4 Å². The zero-order chi connectivity index (χ0) is 18.8. The van der Waals surface area contributed by atoms with E-state index in [-0.39, 0.29) is 10.5 Å². The van der Waals surface area contributed by atoms with Crippen molar-refractivity contribution in [3.8, 4) is 0 Å². The second-order valence-electron chi connectivity index (χ2n) is 6.80. The Balaban J connectivity index is 2.29. The topological polar surface area (TPSA) is 75.3 Å². The van der Waals surface area contributed by atoms with Crippen LogP contribution in [-0.2, 0) is 10.0 Å². The quantitative estimate of drug-likeness (QED) is 0.842. The van der Waals surface area contributed by atoms with Crippen molar-refractivity contribution in [2.24, 2.45) is 0 Å². The van der Waals surface area contributed by atoms with Crippen LogP contribution in [0.5, 0.6) is 0 Å². The summed E-state index contributed by atoms with van der Waals surface area (Å²) < 4.78 is 27.4. The molecule has 0 atom stereocenters. The van der Waals surface area contributed by atoms with Gasteiger partial charge in [0.05, 0.1) is 4.90 Å². The molecule has 2 N–H and O–H groups in total. The van der Waals surface area contributed by atoms with Gasteiger partial charge in [0.25, 0.3) is 5.91 Å². The Bertz CT molecular complexity index is 903. The first-order chi connectivity index (χ1) is 11.5. The highest BCUT2D eigenvalue weighted by molar-refractivity contribution is 7.89. The maximum atomic E-state index is 12.5. The van der Waals surface area contributed by atoms with Crippen LogP contribution in [0.1, 0.15) is 36.7 Å². The van der Waals surface area contributed by atoms with Gasteiger partial charge in [0.2, 0.25) is 10.0 Å². The Morgan fingerprint density at radius 3 is 2.40 bits per heavy atom. The fourth-order valence-electron chi connectivity index (χ4n) is 2.19. The lowest BCUT2D eigenvalue weighted by atomic mass is 10.1. The molecule has 134 valence electrons. The average molecular weight is 381 g/mol. The number of halogens is 1. The summed E-state index contributed by atoms with van der Waals surface area (Å²) in [6.07, 6.45) is 0. The summed E-state index contributed by atoms with van der Waals surface area (Å²) in [6.45, 7) is 7.11. The van der Waals surface area contributed by atoms with Crippen molar-refractivity contribution in [3.05, 3.63) is 58.6 Å². The Hall–Kier alpha value is -1.89. The Morgan fingerprint density at radius 1 is 1.08 bits per heavy atom. The lowest BCUT2D eigenvalue weighted by Crippen LogP contribution is -2.40. The van der Waals surface area contributed by atoms with E-state index in [1.165, 1.54) is 18.2 Å². The third kappa shape index (κ3) is 5.29. The molecule has 0 unspecified atom stereocenters. The molecule has 5 nitrogen and oxygen atoms in total. The van der Waals surface area contributed by atoms with E-state index in [0.717, 1.165) is 5.56 Å². The van der Waals surface area contributed by atoms with E-state index in [1.54, 1.807) is 45.0 Å². The van der Waals surface area contributed by atoms with E-state index >= 15 is 0 Å². The first kappa shape index (κ1) is 19.4. The molecule has 0 aliphatic rings. The van der Waals surface area contributed by atoms with Crippen LogP contribution < -0.4 is 10.0 Å². The monoisotopic (exact) mass is 380 g/mol. The lowest BCUT2D eigenvalue weighted by molar-refractivity contribution is 0.102. The Kier molecular flexibility index (Phi) is 5.56. The minimum Gasteiger partial charge on any atom is -0.322 e. The number of amides is 1. The summed E-state index contributed by atoms with van der Waals surface area (Å²) in [5, 5.41) is 3.26. The summed E-state index contributed by atoms with van der Waals surface area (Å²) in [7, 11) is -3.71. The first-order valence-corrected chi connectivity index (χ1v) is 9.56. The molecule has 0 bridgehead atoms. The molecule has 0 spiro atoms. The van der Waals surface area contributed by atoms with Crippen molar-refractivity contribution < 1.29 is 13.2 Å². The predicted molar refractivity (Wildman–Crippen MR) is 101 cm³/mol. The number of nitrogens with one attached hydrogen (secondary N) is 2. The lowest BCUT2D eigenvalue weighted by Gasteiger charge is -2.20. The molecule has 2 rings (SSSR count). The summed E-state index contributed by atoms with van der Waals surface area (Å²) in [6, 6.07) is 11.1. The van der Waals surface area contributed by atoms with Crippen LogP contribution in [0.3, 0.4) is 0 Å². The Labute approximate surface area is 153 Å². The fourth-order valence-corrected chi connectivity index (χ4v) is 3.83. The molecule has 1 amide bonds. The molecule has 2 aromatic rings. The van der Waals surface area contributed by atoms with Crippen LogP contribution in [0.2, 0.25) is 5.02 Å². The average Bonchev–Trinajstić information content (AvgIpc) is 2.49. The van der Waals surface area contributed by atoms with Crippen LogP contribution in [-0.4, -0.2) is 19.9 Å². The molecule has 0 aliphatic heterocycles. The van der Waals surface area contributed by atoms with Crippen molar-refractivity contribution in [3.63, 3.8) is 0 Å². The number of aryl methyl sites for hydroxylation is 1. The maximum absolute atomic E-state index is 12.5. The summed E-state index contributed by atoms with van der Waals surface area (Å²) >= 11 is 5.95. The molecule has 0 saturated heterocycles. The van der Waals surface area contributed by atoms with Gasteiger partial charge in [-0.2, -0.15) is 0 Å². The van der Waals surface area contributed by atoms with Crippen molar-refractivity contribution in [2.75, 3.05) is 5.32 Å². The molecule has 0 aliphatic carbocycles. The molecule has 0 radical (unpaired) electrons. The maximum Gasteiger partial charge on any atom is 0.255 e. The number of hydrogen-bond acceptors (Lipinski definition) is 3. The van der Waals surface area contributed by atoms with Crippen LogP contribution in [0, 0.1) is 6.92 Å². The first-order valence-electron chi connectivity index (χ1n) is 7.69. The summed E-state index contributed by atoms with van der Waals surface area (Å²) in [5.41, 5.74) is 1.07. The second-order valence-corrected chi connectivity index (χ2v) is 8.92. The number of rotatable bonds is 4. The molecular weight excluding hydrogens is 360 g/mol. The predicted octanol–water partition coefficient (Wildman–Crippen LogP) is 3.98. The molecule has 25 heavy (non-hydrogen) atoms. The molecule has 0 heterocycles. The zero-order valence-corrected chi connectivity index (χ0v) is 16.1. The summed E-state index contributed by atoms with van der Waals surface area (Å²) in [4.78, 5) is 12.5. The minimum atomic E-state index is -3.71. The minimum absolute atomic E-state index is 0.0397. The highest BCUT2D eigenvalue weighted by Crippen LogP contribution is 2.21. The fraction of sp³-hybridized carbons (Fsp3) is 0.278. The van der Waals surface area contributed by atoms with Gasteiger partial charge in [0, 0.05) is 21.8 Å². The molecule has 0 aromatic heterocycles. The molecule has 7 heteroatoms. The zero-order valence-electron chi connectivity index (χ0n) is 14.6. The SMILES string of the molecule is Cc1ccc(Cl)cc1NC(=O)c1cccc(S(=O)(=O)NC(C)(C)C)c1. The van der Waals surface area contributed by atoms with Gasteiger partial charge in [-0.25, -0.2) is 13.1 Å². The standard InChI is InChI=1S/C18H21ClN2O3S/c1-12-8-9-14(19)11-16(12)20-17(22)13-6-5-7-15(10-13)25(23,24)21-18(2,3)4/h5-11,21H,1-4H3,(H,20,22). The third-order valence-electron chi connectivity index (χ3n) is 3.29. The number of sulfonamides is 1. The van der Waals surface area contributed by atoms with E-state index in [0.29, 0.717) is 10.7 Å². The smallest absolute Gasteiger partial charge is 0.255 e. The Morgan fingerprint density at radius 2 is 1.76 bits per heavy atom. The highest BCUT2D eigenvalue weighted by atomic mass is 35.5. The van der Waals surface area contributed by atoms with Gasteiger partial charge in [-0.15, -0.1) is 0 Å². The van der Waals surface area contributed by atoms with Gasteiger partial charge in [-0.1, -0.05) is 23.7 Å². The van der Waals surface area contributed by atoms with Gasteiger partial charge in [-0.3, -0.25) is 4.79 Å². The normalized spacial score (nSPS) is 12.0. The van der Waals surface area contributed by atoms with Gasteiger partial charge in [0.15, 0.2) is 0 Å². The van der Waals surface area contributed by atoms with Gasteiger partial charge in [0.1, 0.15) is 0 Å². The third-order valence-corrected chi connectivity index (χ3v) is 5.29. The molecular formula is C18H21ClN2O3S. The van der Waals surface area contributed by atoms with Crippen molar-refractivity contribution in [1.82, 2.24) is 4.72 Å². The number of hydrogen-bond donors (Lipinski definition) is 2. The van der Waals surface area contributed by atoms with Crippen molar-refractivity contribution >= 4 is 33.2 Å². The van der Waals surface area contributed by atoms with E-state index in [9.17, 15) is 13.2 Å². The highest BCUT2D eigenvalue weighted by Gasteiger charge is 2.22. The van der Waals surface area contributed by atoms with Crippen LogP contribution >= 0.6 is 11.6 Å². The largest absolute Gasteiger partial charge is 0.322 e. The number of carbonyl (C=O) groups is 1. The van der Waals surface area contributed by atoms with Crippen molar-refractivity contribution in [2.45, 2.75) is 38.1 Å². The number of carbonyl (C=O) groups excluding carboxylic acids is 1. The van der Waals surface area contributed by atoms with E-state index in [1.807, 2.05) is 6.92 Å². The molecule has 0 fully saturated rings. The number of benzene rings is 2. The molecule has 2 aromatic carbocycles. The van der Waals surface area contributed by atoms with Gasteiger partial charge < -0.3 is 5.32 Å². The van der Waals surface area contributed by atoms with Crippen LogP contribution in [0.25, 0.3) is 0 Å².